The molecule has 8 heteroatoms. The smallest absolute Gasteiger partial charge is 0.262 e. The first-order valence-corrected chi connectivity index (χ1v) is 17.6. The van der Waals surface area contributed by atoms with Crippen LogP contribution < -0.4 is 14.4 Å². The van der Waals surface area contributed by atoms with E-state index in [1.54, 1.807) is 6.07 Å². The Bertz CT molecular complexity index is 1620. The summed E-state index contributed by atoms with van der Waals surface area (Å²) in [7, 11) is -2.96. The summed E-state index contributed by atoms with van der Waals surface area (Å²) in [6.07, 6.45) is 7.19. The van der Waals surface area contributed by atoms with Crippen LogP contribution in [-0.4, -0.2) is 52.1 Å². The van der Waals surface area contributed by atoms with Gasteiger partial charge < -0.3 is 14.7 Å². The summed E-state index contributed by atoms with van der Waals surface area (Å²) in [6, 6.07) is 11.8. The van der Waals surface area contributed by atoms with Gasteiger partial charge in [0, 0.05) is 39.9 Å². The molecule has 0 radical (unpaired) electrons. The summed E-state index contributed by atoms with van der Waals surface area (Å²) < 4.78 is 22.8. The van der Waals surface area contributed by atoms with E-state index < -0.39 is 27.0 Å². The molecule has 0 aromatic heterocycles. The molecule has 2 N–H and O–H groups in total. The minimum atomic E-state index is -2.96. The number of carbonyl (C=O) groups is 1. The molecule has 0 saturated heterocycles. The van der Waals surface area contributed by atoms with E-state index in [0.29, 0.717) is 30.9 Å². The molecule has 4 aliphatic rings. The highest BCUT2D eigenvalue weighted by Crippen LogP contribution is 2.47. The topological polar surface area (TPSA) is 78.9 Å². The molecule has 1 spiro atoms. The van der Waals surface area contributed by atoms with Crippen LogP contribution in [0.15, 0.2) is 48.0 Å². The van der Waals surface area contributed by atoms with Crippen LogP contribution in [0.4, 0.5) is 5.69 Å². The maximum Gasteiger partial charge on any atom is 0.262 e. The molecule has 2 aromatic rings. The highest BCUT2D eigenvalue weighted by Gasteiger charge is 2.44. The highest BCUT2D eigenvalue weighted by atomic mass is 35.5. The van der Waals surface area contributed by atoms with E-state index >= 15 is 0 Å². The van der Waals surface area contributed by atoms with Crippen LogP contribution in [-0.2, 0) is 21.5 Å². The fourth-order valence-corrected chi connectivity index (χ4v) is 8.68. The number of aliphatic hydroxyl groups is 1. The van der Waals surface area contributed by atoms with Crippen LogP contribution in [0, 0.1) is 23.7 Å². The van der Waals surface area contributed by atoms with Gasteiger partial charge in [-0.3, -0.25) is 9.52 Å². The molecule has 228 valence electrons. The van der Waals surface area contributed by atoms with Gasteiger partial charge in [0.1, 0.15) is 5.75 Å². The lowest BCUT2D eigenvalue weighted by Crippen LogP contribution is -2.48. The number of benzene rings is 2. The zero-order valence-corrected chi connectivity index (χ0v) is 26.6. The standard InChI is InChI=1S/C35H41ClN2O4S/c1-4-6-24-18-29(39)12-8-23(2)43(3,41)37-34(40)26-10-15-33-32(19-26)38(20-27-9-13-30(24)27)21-35(22-42-33)16-5-7-25-17-28(36)11-14-31(25)35/h10-11,14-15,17-19,23,27,29-30,39H,3,5,7-9,12-13,16,20-22H2,1-2H3,(H,37,40,41)/b24-18+/t23-,27+,29-,30+,35+,43?/m1/s1. The first kappa shape index (κ1) is 30.1. The lowest BCUT2D eigenvalue weighted by atomic mass is 9.68. The number of ether oxygens (including phenoxy) is 1. The molecule has 2 heterocycles. The SMILES string of the molecule is C=S1(=O)NC(=O)c2ccc3c(c2)N(C[C@@H]2CC[C@H]2/C(C#CC)=C/[C@H](O)CC[C@H]1C)C[C@@]1(CCCc2cc(Cl)ccc21)CO3. The molecule has 1 amide bonds. The van der Waals surface area contributed by atoms with E-state index in [1.807, 2.05) is 38.1 Å². The first-order chi connectivity index (χ1) is 20.6. The first-order valence-electron chi connectivity index (χ1n) is 15.4. The Morgan fingerprint density at radius 2 is 2.02 bits per heavy atom. The largest absolute Gasteiger partial charge is 0.490 e. The number of rotatable bonds is 0. The van der Waals surface area contributed by atoms with E-state index in [0.717, 1.165) is 67.2 Å². The monoisotopic (exact) mass is 620 g/mol. The number of anilines is 1. The van der Waals surface area contributed by atoms with Crippen LogP contribution in [0.5, 0.6) is 5.75 Å². The number of fused-ring (bicyclic) bond motifs is 4. The van der Waals surface area contributed by atoms with Gasteiger partial charge in [0.15, 0.2) is 0 Å². The molecule has 6 nitrogen and oxygen atoms in total. The Kier molecular flexibility index (Phi) is 8.32. The number of halogens is 1. The van der Waals surface area contributed by atoms with Crippen molar-refractivity contribution in [3.63, 3.8) is 0 Å². The van der Waals surface area contributed by atoms with E-state index in [4.69, 9.17) is 16.3 Å². The average molecular weight is 621 g/mol. The van der Waals surface area contributed by atoms with Gasteiger partial charge in [-0.1, -0.05) is 23.6 Å². The second-order valence-corrected chi connectivity index (χ2v) is 15.7. The van der Waals surface area contributed by atoms with Gasteiger partial charge in [0.05, 0.1) is 28.1 Å². The minimum Gasteiger partial charge on any atom is -0.490 e. The van der Waals surface area contributed by atoms with Crippen molar-refractivity contribution in [1.29, 1.82) is 0 Å². The van der Waals surface area contributed by atoms with Gasteiger partial charge in [-0.25, -0.2) is 4.21 Å². The van der Waals surface area contributed by atoms with Crippen molar-refractivity contribution >= 4 is 38.8 Å². The van der Waals surface area contributed by atoms with Gasteiger partial charge >= 0.3 is 0 Å². The summed E-state index contributed by atoms with van der Waals surface area (Å²) in [4.78, 5) is 15.9. The molecule has 1 unspecified atom stereocenters. The third-order valence-corrected chi connectivity index (χ3v) is 12.3. The molecule has 2 aliphatic carbocycles. The zero-order valence-electron chi connectivity index (χ0n) is 25.0. The minimum absolute atomic E-state index is 0.227. The average Bonchev–Trinajstić information content (AvgIpc) is 3.10. The van der Waals surface area contributed by atoms with Crippen molar-refractivity contribution < 1.29 is 18.8 Å². The number of hydrogen-bond donors (Lipinski definition) is 2. The Balaban J connectivity index is 1.45. The lowest BCUT2D eigenvalue weighted by molar-refractivity contribution is 0.0982. The van der Waals surface area contributed by atoms with E-state index in [1.165, 1.54) is 11.1 Å². The molecule has 43 heavy (non-hydrogen) atoms. The van der Waals surface area contributed by atoms with Crippen molar-refractivity contribution in [1.82, 2.24) is 4.72 Å². The summed E-state index contributed by atoms with van der Waals surface area (Å²) in [6.45, 7) is 5.70. The molecular weight excluding hydrogens is 580 g/mol. The van der Waals surface area contributed by atoms with Gasteiger partial charge in [-0.15, -0.1) is 5.92 Å². The summed E-state index contributed by atoms with van der Waals surface area (Å²) in [5.74, 6) is 11.2. The van der Waals surface area contributed by atoms with E-state index in [-0.39, 0.29) is 11.3 Å². The third kappa shape index (κ3) is 5.94. The predicted molar refractivity (Wildman–Crippen MR) is 175 cm³/mol. The number of hydrogen-bond acceptors (Lipinski definition) is 5. The van der Waals surface area contributed by atoms with Crippen LogP contribution >= 0.6 is 11.6 Å². The number of aryl methyl sites for hydroxylation is 1. The fourth-order valence-electron chi connectivity index (χ4n) is 7.34. The lowest BCUT2D eigenvalue weighted by Gasteiger charge is -2.44. The number of aliphatic hydroxyl groups excluding tert-OH is 1. The summed E-state index contributed by atoms with van der Waals surface area (Å²) in [5.41, 5.74) is 4.63. The predicted octanol–water partition coefficient (Wildman–Crippen LogP) is 5.69. The molecule has 2 aliphatic heterocycles. The maximum atomic E-state index is 13.5. The third-order valence-electron chi connectivity index (χ3n) is 10.00. The van der Waals surface area contributed by atoms with Crippen LogP contribution in [0.2, 0.25) is 5.02 Å². The Labute approximate surface area is 261 Å². The van der Waals surface area contributed by atoms with Crippen molar-refractivity contribution in [2.45, 2.75) is 75.6 Å². The molecule has 2 bridgehead atoms. The second-order valence-electron chi connectivity index (χ2n) is 12.8. The molecule has 1 fully saturated rings. The number of carbonyl (C=O) groups excluding carboxylic acids is 1. The summed E-state index contributed by atoms with van der Waals surface area (Å²) >= 11 is 6.42. The molecule has 6 rings (SSSR count). The van der Waals surface area contributed by atoms with E-state index in [9.17, 15) is 14.1 Å². The second kappa shape index (κ2) is 11.9. The summed E-state index contributed by atoms with van der Waals surface area (Å²) in [5, 5.41) is 11.3. The molecule has 2 aromatic carbocycles. The number of nitrogens with zero attached hydrogens (tertiary/aromatic N) is 1. The van der Waals surface area contributed by atoms with Gasteiger partial charge in [0.2, 0.25) is 0 Å². The quantitative estimate of drug-likeness (QED) is 0.292. The zero-order chi connectivity index (χ0) is 30.4. The van der Waals surface area contributed by atoms with Crippen molar-refractivity contribution in [3.05, 3.63) is 69.8 Å². The Morgan fingerprint density at radius 3 is 2.79 bits per heavy atom. The van der Waals surface area contributed by atoms with Gasteiger partial charge in [0.25, 0.3) is 5.91 Å². The van der Waals surface area contributed by atoms with Crippen LogP contribution in [0.3, 0.4) is 0 Å². The van der Waals surface area contributed by atoms with Crippen molar-refractivity contribution in [2.24, 2.45) is 11.8 Å². The molecular formula is C35H41ClN2O4S. The van der Waals surface area contributed by atoms with Crippen molar-refractivity contribution in [3.8, 4) is 17.6 Å². The van der Waals surface area contributed by atoms with E-state index in [2.05, 4.69) is 39.5 Å². The number of amides is 1. The van der Waals surface area contributed by atoms with Crippen molar-refractivity contribution in [2.75, 3.05) is 24.6 Å². The molecule has 1 saturated carbocycles. The maximum absolute atomic E-state index is 13.5. The van der Waals surface area contributed by atoms with Gasteiger partial charge in [-0.05, 0) is 124 Å². The highest BCUT2D eigenvalue weighted by molar-refractivity contribution is 7.99. The normalized spacial score (nSPS) is 33.6. The van der Waals surface area contributed by atoms with Crippen LogP contribution in [0.25, 0.3) is 0 Å². The Morgan fingerprint density at radius 1 is 1.19 bits per heavy atom. The van der Waals surface area contributed by atoms with Crippen LogP contribution in [0.1, 0.15) is 73.9 Å². The Hall–Kier alpha value is -2.92. The van der Waals surface area contributed by atoms with Gasteiger partial charge in [-0.2, -0.15) is 0 Å². The molecule has 6 atom stereocenters. The number of nitrogens with one attached hydrogen (secondary N) is 1. The fraction of sp³-hybridized carbons (Fsp3) is 0.486. The number of allylic oxidation sites excluding steroid dienone is 1.